The molecule has 0 saturated heterocycles. The summed E-state index contributed by atoms with van der Waals surface area (Å²) < 4.78 is 1.24. The zero-order valence-electron chi connectivity index (χ0n) is 12.5. The molecule has 0 aliphatic rings. The minimum atomic E-state index is -0.580. The Balaban J connectivity index is 2.31. The number of aromatic nitrogens is 2. The second kappa shape index (κ2) is 6.69. The van der Waals surface area contributed by atoms with E-state index in [1.54, 1.807) is 6.92 Å². The van der Waals surface area contributed by atoms with Crippen molar-refractivity contribution < 1.29 is 9.59 Å². The molecule has 0 spiro atoms. The van der Waals surface area contributed by atoms with Crippen LogP contribution in [-0.2, 0) is 11.3 Å². The number of rotatable bonds is 6. The second-order valence-corrected chi connectivity index (χ2v) is 5.98. The Morgan fingerprint density at radius 3 is 2.82 bits per heavy atom. The quantitative estimate of drug-likeness (QED) is 0.766. The van der Waals surface area contributed by atoms with Crippen molar-refractivity contribution in [3.05, 3.63) is 27.1 Å². The van der Waals surface area contributed by atoms with Gasteiger partial charge in [-0.05, 0) is 18.9 Å². The summed E-state index contributed by atoms with van der Waals surface area (Å²) in [5.41, 5.74) is 5.47. The number of nitrogens with zero attached hydrogens (tertiary/aromatic N) is 2. The van der Waals surface area contributed by atoms with Gasteiger partial charge in [-0.25, -0.2) is 4.98 Å². The summed E-state index contributed by atoms with van der Waals surface area (Å²) in [5.74, 6) is -0.816. The molecule has 0 fully saturated rings. The molecule has 0 unspecified atom stereocenters. The Labute approximate surface area is 131 Å². The Kier molecular flexibility index (Phi) is 4.92. The van der Waals surface area contributed by atoms with Gasteiger partial charge in [0, 0.05) is 6.54 Å². The molecule has 2 aromatic rings. The SMILES string of the molecule is CCCCNC(=O)Cn1cnc2sc(C(N)=O)c(C)c2c1=O. The number of carbonyl (C=O) groups is 2. The van der Waals surface area contributed by atoms with E-state index in [1.807, 2.05) is 6.92 Å². The van der Waals surface area contributed by atoms with E-state index < -0.39 is 5.91 Å². The third kappa shape index (κ3) is 3.16. The molecule has 2 amide bonds. The van der Waals surface area contributed by atoms with Gasteiger partial charge < -0.3 is 11.1 Å². The molecule has 0 bridgehead atoms. The number of unbranched alkanes of at least 4 members (excludes halogenated alkanes) is 1. The second-order valence-electron chi connectivity index (χ2n) is 4.98. The van der Waals surface area contributed by atoms with E-state index >= 15 is 0 Å². The number of nitrogens with two attached hydrogens (primary N) is 1. The van der Waals surface area contributed by atoms with Crippen LogP contribution in [0.4, 0.5) is 0 Å². The molecule has 2 heterocycles. The lowest BCUT2D eigenvalue weighted by Crippen LogP contribution is -2.32. The molecule has 8 heteroatoms. The molecule has 118 valence electrons. The van der Waals surface area contributed by atoms with Gasteiger partial charge in [-0.1, -0.05) is 13.3 Å². The number of amides is 2. The van der Waals surface area contributed by atoms with Crippen LogP contribution in [0.1, 0.15) is 35.0 Å². The smallest absolute Gasteiger partial charge is 0.262 e. The zero-order valence-corrected chi connectivity index (χ0v) is 13.3. The number of hydrogen-bond acceptors (Lipinski definition) is 5. The maximum absolute atomic E-state index is 12.4. The van der Waals surface area contributed by atoms with Gasteiger partial charge >= 0.3 is 0 Å². The van der Waals surface area contributed by atoms with E-state index in [9.17, 15) is 14.4 Å². The normalized spacial score (nSPS) is 10.8. The van der Waals surface area contributed by atoms with Crippen LogP contribution in [0.15, 0.2) is 11.1 Å². The third-order valence-corrected chi connectivity index (χ3v) is 4.52. The summed E-state index contributed by atoms with van der Waals surface area (Å²) in [7, 11) is 0. The number of nitrogens with one attached hydrogen (secondary N) is 1. The minimum absolute atomic E-state index is 0.0906. The molecule has 2 aromatic heterocycles. The van der Waals surface area contributed by atoms with Crippen LogP contribution in [-0.4, -0.2) is 27.9 Å². The van der Waals surface area contributed by atoms with Gasteiger partial charge in [0.15, 0.2) is 0 Å². The Morgan fingerprint density at radius 1 is 1.45 bits per heavy atom. The van der Waals surface area contributed by atoms with E-state index in [2.05, 4.69) is 10.3 Å². The molecule has 0 saturated carbocycles. The van der Waals surface area contributed by atoms with Crippen LogP contribution in [0.25, 0.3) is 10.2 Å². The fraction of sp³-hybridized carbons (Fsp3) is 0.429. The lowest BCUT2D eigenvalue weighted by atomic mass is 10.2. The van der Waals surface area contributed by atoms with Crippen LogP contribution in [0.2, 0.25) is 0 Å². The third-order valence-electron chi connectivity index (χ3n) is 3.31. The number of carbonyl (C=O) groups excluding carboxylic acids is 2. The highest BCUT2D eigenvalue weighted by Crippen LogP contribution is 2.26. The molecule has 2 rings (SSSR count). The maximum Gasteiger partial charge on any atom is 0.262 e. The van der Waals surface area contributed by atoms with Gasteiger partial charge in [-0.15, -0.1) is 11.3 Å². The zero-order chi connectivity index (χ0) is 16.3. The van der Waals surface area contributed by atoms with E-state index in [1.165, 1.54) is 10.9 Å². The van der Waals surface area contributed by atoms with Crippen molar-refractivity contribution in [1.29, 1.82) is 0 Å². The fourth-order valence-corrected chi connectivity index (χ4v) is 3.11. The molecule has 3 N–H and O–H groups in total. The summed E-state index contributed by atoms with van der Waals surface area (Å²) in [6.07, 6.45) is 3.20. The van der Waals surface area contributed by atoms with Crippen molar-refractivity contribution in [2.45, 2.75) is 33.2 Å². The summed E-state index contributed by atoms with van der Waals surface area (Å²) >= 11 is 1.09. The molecule has 0 aromatic carbocycles. The average molecular weight is 322 g/mol. The molecule has 22 heavy (non-hydrogen) atoms. The van der Waals surface area contributed by atoms with Gasteiger partial charge in [-0.3, -0.25) is 19.0 Å². The van der Waals surface area contributed by atoms with Crippen molar-refractivity contribution in [1.82, 2.24) is 14.9 Å². The van der Waals surface area contributed by atoms with E-state index in [0.29, 0.717) is 27.2 Å². The lowest BCUT2D eigenvalue weighted by Gasteiger charge is -2.06. The topological polar surface area (TPSA) is 107 Å². The predicted molar refractivity (Wildman–Crippen MR) is 85.1 cm³/mol. The molecule has 0 aliphatic heterocycles. The number of primary amides is 1. The highest BCUT2D eigenvalue weighted by Gasteiger charge is 2.18. The van der Waals surface area contributed by atoms with Crippen molar-refractivity contribution in [3.63, 3.8) is 0 Å². The highest BCUT2D eigenvalue weighted by molar-refractivity contribution is 7.20. The number of aryl methyl sites for hydroxylation is 1. The van der Waals surface area contributed by atoms with Crippen LogP contribution in [0.3, 0.4) is 0 Å². The fourth-order valence-electron chi connectivity index (χ4n) is 2.12. The van der Waals surface area contributed by atoms with Crippen LogP contribution < -0.4 is 16.6 Å². The molecular formula is C14H18N4O3S. The predicted octanol–water partition coefficient (Wildman–Crippen LogP) is 0.782. The van der Waals surface area contributed by atoms with Gasteiger partial charge in [0.25, 0.3) is 11.5 Å². The van der Waals surface area contributed by atoms with Crippen LogP contribution in [0, 0.1) is 6.92 Å². The summed E-state index contributed by atoms with van der Waals surface area (Å²) in [5, 5.41) is 3.10. The Hall–Kier alpha value is -2.22. The summed E-state index contributed by atoms with van der Waals surface area (Å²) in [4.78, 5) is 40.5. The first kappa shape index (κ1) is 16.2. The van der Waals surface area contributed by atoms with Gasteiger partial charge in [-0.2, -0.15) is 0 Å². The molecule has 7 nitrogen and oxygen atoms in total. The van der Waals surface area contributed by atoms with Crippen molar-refractivity contribution in [2.24, 2.45) is 5.73 Å². The van der Waals surface area contributed by atoms with Crippen LogP contribution in [0.5, 0.6) is 0 Å². The van der Waals surface area contributed by atoms with Crippen LogP contribution >= 0.6 is 11.3 Å². The number of hydrogen-bond donors (Lipinski definition) is 2. The molecule has 0 aliphatic carbocycles. The number of fused-ring (bicyclic) bond motifs is 1. The summed E-state index contributed by atoms with van der Waals surface area (Å²) in [6, 6.07) is 0. The van der Waals surface area contributed by atoms with Gasteiger partial charge in [0.2, 0.25) is 5.91 Å². The highest BCUT2D eigenvalue weighted by atomic mass is 32.1. The average Bonchev–Trinajstić information content (AvgIpc) is 2.80. The standard InChI is InChI=1S/C14H18N4O3S/c1-3-4-5-16-9(19)6-18-7-17-13-10(14(18)21)8(2)11(22-13)12(15)20/h7H,3-6H2,1-2H3,(H2,15,20)(H,16,19). The first-order chi connectivity index (χ1) is 10.5. The number of thiophene rings is 1. The van der Waals surface area contributed by atoms with Crippen molar-refractivity contribution in [2.75, 3.05) is 6.54 Å². The van der Waals surface area contributed by atoms with Crippen molar-refractivity contribution >= 4 is 33.4 Å². The van der Waals surface area contributed by atoms with Gasteiger partial charge in [0.05, 0.1) is 16.6 Å². The van der Waals surface area contributed by atoms with E-state index in [4.69, 9.17) is 5.73 Å². The van der Waals surface area contributed by atoms with E-state index in [0.717, 1.165) is 24.2 Å². The maximum atomic E-state index is 12.4. The minimum Gasteiger partial charge on any atom is -0.365 e. The first-order valence-electron chi connectivity index (χ1n) is 7.00. The Bertz CT molecular complexity index is 778. The first-order valence-corrected chi connectivity index (χ1v) is 7.82. The monoisotopic (exact) mass is 322 g/mol. The van der Waals surface area contributed by atoms with Crippen molar-refractivity contribution in [3.8, 4) is 0 Å². The Morgan fingerprint density at radius 2 is 2.18 bits per heavy atom. The summed E-state index contributed by atoms with van der Waals surface area (Å²) in [6.45, 7) is 4.19. The largest absolute Gasteiger partial charge is 0.365 e. The van der Waals surface area contributed by atoms with E-state index in [-0.39, 0.29) is 18.0 Å². The lowest BCUT2D eigenvalue weighted by molar-refractivity contribution is -0.121. The molecule has 0 radical (unpaired) electrons. The molecule has 0 atom stereocenters. The molecular weight excluding hydrogens is 304 g/mol. The van der Waals surface area contributed by atoms with Gasteiger partial charge in [0.1, 0.15) is 11.4 Å².